The molecule has 0 aliphatic carbocycles. The number of likely N-dealkylation sites (tertiary alicyclic amines) is 1. The van der Waals surface area contributed by atoms with Gasteiger partial charge in [0.1, 0.15) is 5.82 Å². The summed E-state index contributed by atoms with van der Waals surface area (Å²) in [5.74, 6) is 1.46. The lowest BCUT2D eigenvalue weighted by atomic mass is 10.0. The Morgan fingerprint density at radius 3 is 2.82 bits per heavy atom. The maximum atomic E-state index is 9.62. The topological polar surface area (TPSA) is 92.0 Å². The van der Waals surface area contributed by atoms with Crippen molar-refractivity contribution in [2.75, 3.05) is 31.6 Å². The van der Waals surface area contributed by atoms with E-state index in [1.807, 2.05) is 26.1 Å². The van der Waals surface area contributed by atoms with Crippen LogP contribution in [0.3, 0.4) is 0 Å². The minimum atomic E-state index is 0.228. The van der Waals surface area contributed by atoms with E-state index in [9.17, 15) is 5.11 Å². The maximum absolute atomic E-state index is 9.62. The Hall–Kier alpha value is -2.58. The molecule has 3 aromatic heterocycles. The fraction of sp³-hybridized carbons (Fsp3) is 0.500. The van der Waals surface area contributed by atoms with Gasteiger partial charge in [-0.15, -0.1) is 0 Å². The molecule has 148 valence electrons. The highest BCUT2D eigenvalue weighted by molar-refractivity contribution is 5.90. The summed E-state index contributed by atoms with van der Waals surface area (Å²) in [6.45, 7) is 4.88. The second-order valence-electron chi connectivity index (χ2n) is 7.33. The van der Waals surface area contributed by atoms with Crippen LogP contribution in [-0.4, -0.2) is 67.0 Å². The summed E-state index contributed by atoms with van der Waals surface area (Å²) >= 11 is 0. The first-order valence-corrected chi connectivity index (χ1v) is 9.88. The second-order valence-corrected chi connectivity index (χ2v) is 7.33. The van der Waals surface area contributed by atoms with Crippen LogP contribution < -0.4 is 5.32 Å². The van der Waals surface area contributed by atoms with E-state index in [0.717, 1.165) is 54.2 Å². The Morgan fingerprint density at radius 2 is 2.04 bits per heavy atom. The highest BCUT2D eigenvalue weighted by Gasteiger charge is 2.21. The first-order valence-electron chi connectivity index (χ1n) is 9.88. The number of piperidine rings is 1. The highest BCUT2D eigenvalue weighted by atomic mass is 16.3. The smallest absolute Gasteiger partial charge is 0.164 e. The Labute approximate surface area is 164 Å². The fourth-order valence-corrected chi connectivity index (χ4v) is 3.98. The molecule has 0 amide bonds. The predicted molar refractivity (Wildman–Crippen MR) is 109 cm³/mol. The SMILES string of the molecule is Cc1nn(C)c2nc(-c3ccncc3)nc(NCCN3CCCC[C@H]3CO)c12. The number of anilines is 1. The average molecular weight is 381 g/mol. The molecule has 1 aliphatic heterocycles. The van der Waals surface area contributed by atoms with Gasteiger partial charge in [-0.05, 0) is 38.4 Å². The zero-order valence-corrected chi connectivity index (χ0v) is 16.5. The highest BCUT2D eigenvalue weighted by Crippen LogP contribution is 2.27. The number of rotatable bonds is 6. The van der Waals surface area contributed by atoms with Crippen LogP contribution in [0.25, 0.3) is 22.4 Å². The summed E-state index contributed by atoms with van der Waals surface area (Å²) in [7, 11) is 1.90. The predicted octanol–water partition coefficient (Wildman–Crippen LogP) is 1.99. The Morgan fingerprint density at radius 1 is 1.21 bits per heavy atom. The monoisotopic (exact) mass is 381 g/mol. The minimum absolute atomic E-state index is 0.228. The van der Waals surface area contributed by atoms with Crippen molar-refractivity contribution in [3.05, 3.63) is 30.2 Å². The van der Waals surface area contributed by atoms with Gasteiger partial charge >= 0.3 is 0 Å². The molecule has 1 aliphatic rings. The Kier molecular flexibility index (Phi) is 5.50. The molecule has 0 aromatic carbocycles. The van der Waals surface area contributed by atoms with E-state index in [0.29, 0.717) is 5.82 Å². The summed E-state index contributed by atoms with van der Waals surface area (Å²) in [4.78, 5) is 16.0. The third-order valence-corrected chi connectivity index (χ3v) is 5.45. The minimum Gasteiger partial charge on any atom is -0.395 e. The van der Waals surface area contributed by atoms with Crippen molar-refractivity contribution in [1.29, 1.82) is 0 Å². The summed E-state index contributed by atoms with van der Waals surface area (Å²) in [5, 5.41) is 18.6. The Bertz CT molecular complexity index is 941. The third kappa shape index (κ3) is 3.70. The lowest BCUT2D eigenvalue weighted by Gasteiger charge is -2.34. The maximum Gasteiger partial charge on any atom is 0.164 e. The lowest BCUT2D eigenvalue weighted by molar-refractivity contribution is 0.0940. The summed E-state index contributed by atoms with van der Waals surface area (Å²) in [6.07, 6.45) is 6.96. The normalized spacial score (nSPS) is 17.9. The molecule has 4 rings (SSSR count). The van der Waals surface area contributed by atoms with Crippen molar-refractivity contribution in [2.24, 2.45) is 7.05 Å². The molecule has 0 spiro atoms. The average Bonchev–Trinajstić information content (AvgIpc) is 3.02. The number of aliphatic hydroxyl groups excluding tert-OH is 1. The van der Waals surface area contributed by atoms with Gasteiger partial charge in [0.15, 0.2) is 11.5 Å². The first-order chi connectivity index (χ1) is 13.7. The van der Waals surface area contributed by atoms with Crippen molar-refractivity contribution < 1.29 is 5.11 Å². The number of aryl methyl sites for hydroxylation is 2. The number of nitrogens with zero attached hydrogens (tertiary/aromatic N) is 6. The van der Waals surface area contributed by atoms with Crippen molar-refractivity contribution in [2.45, 2.75) is 32.2 Å². The number of pyridine rings is 1. The fourth-order valence-electron chi connectivity index (χ4n) is 3.98. The molecule has 1 saturated heterocycles. The van der Waals surface area contributed by atoms with Gasteiger partial charge in [-0.3, -0.25) is 14.6 Å². The van der Waals surface area contributed by atoms with E-state index >= 15 is 0 Å². The van der Waals surface area contributed by atoms with Gasteiger partial charge in [0, 0.05) is 44.1 Å². The number of hydrogen-bond donors (Lipinski definition) is 2. The van der Waals surface area contributed by atoms with Crippen LogP contribution in [0.5, 0.6) is 0 Å². The van der Waals surface area contributed by atoms with Crippen LogP contribution >= 0.6 is 0 Å². The van der Waals surface area contributed by atoms with Crippen LogP contribution in [0, 0.1) is 6.92 Å². The van der Waals surface area contributed by atoms with E-state index in [-0.39, 0.29) is 12.6 Å². The van der Waals surface area contributed by atoms with E-state index in [1.165, 1.54) is 12.8 Å². The number of hydrogen-bond acceptors (Lipinski definition) is 7. The summed E-state index contributed by atoms with van der Waals surface area (Å²) in [6, 6.07) is 4.09. The van der Waals surface area contributed by atoms with Crippen molar-refractivity contribution in [3.8, 4) is 11.4 Å². The molecule has 0 unspecified atom stereocenters. The number of nitrogens with one attached hydrogen (secondary N) is 1. The van der Waals surface area contributed by atoms with Crippen molar-refractivity contribution in [1.82, 2.24) is 29.6 Å². The zero-order valence-electron chi connectivity index (χ0n) is 16.5. The van der Waals surface area contributed by atoms with Crippen LogP contribution in [0.4, 0.5) is 5.82 Å². The van der Waals surface area contributed by atoms with Gasteiger partial charge in [0.2, 0.25) is 0 Å². The number of aliphatic hydroxyl groups is 1. The zero-order chi connectivity index (χ0) is 19.5. The summed E-state index contributed by atoms with van der Waals surface area (Å²) < 4.78 is 1.80. The molecule has 0 saturated carbocycles. The van der Waals surface area contributed by atoms with Crippen LogP contribution in [0.15, 0.2) is 24.5 Å². The van der Waals surface area contributed by atoms with Gasteiger partial charge < -0.3 is 10.4 Å². The van der Waals surface area contributed by atoms with Crippen molar-refractivity contribution in [3.63, 3.8) is 0 Å². The molecule has 8 heteroatoms. The van der Waals surface area contributed by atoms with E-state index in [2.05, 4.69) is 20.3 Å². The van der Waals surface area contributed by atoms with Crippen LogP contribution in [0.2, 0.25) is 0 Å². The van der Waals surface area contributed by atoms with Gasteiger partial charge in [-0.25, -0.2) is 9.97 Å². The molecule has 2 N–H and O–H groups in total. The molecule has 0 radical (unpaired) electrons. The van der Waals surface area contributed by atoms with Crippen LogP contribution in [-0.2, 0) is 7.05 Å². The molecular formula is C20H27N7O. The molecular weight excluding hydrogens is 354 g/mol. The molecule has 8 nitrogen and oxygen atoms in total. The summed E-state index contributed by atoms with van der Waals surface area (Å²) in [5.41, 5.74) is 2.65. The third-order valence-electron chi connectivity index (χ3n) is 5.45. The van der Waals surface area contributed by atoms with Gasteiger partial charge in [-0.2, -0.15) is 5.10 Å². The van der Waals surface area contributed by atoms with Gasteiger partial charge in [0.25, 0.3) is 0 Å². The van der Waals surface area contributed by atoms with Gasteiger partial charge in [0.05, 0.1) is 17.7 Å². The molecule has 4 heterocycles. The molecule has 1 atom stereocenters. The number of aromatic nitrogens is 5. The van der Waals surface area contributed by atoms with Crippen LogP contribution in [0.1, 0.15) is 25.0 Å². The molecule has 3 aromatic rings. The molecule has 1 fully saturated rings. The molecule has 0 bridgehead atoms. The largest absolute Gasteiger partial charge is 0.395 e. The standard InChI is InChI=1S/C20H27N7O/c1-14-17-19(22-10-12-27-11-4-3-5-16(27)13-28)23-18(15-6-8-21-9-7-15)24-20(17)26(2)25-14/h6-9,16,28H,3-5,10-13H2,1-2H3,(H,22,23,24)/t16-/m0/s1. The van der Waals surface area contributed by atoms with E-state index in [1.54, 1.807) is 17.1 Å². The van der Waals surface area contributed by atoms with E-state index < -0.39 is 0 Å². The Balaban J connectivity index is 1.60. The lowest BCUT2D eigenvalue weighted by Crippen LogP contribution is -2.44. The number of fused-ring (bicyclic) bond motifs is 1. The first kappa shape index (κ1) is 18.8. The second kappa shape index (κ2) is 8.20. The van der Waals surface area contributed by atoms with Gasteiger partial charge in [-0.1, -0.05) is 6.42 Å². The van der Waals surface area contributed by atoms with Crippen molar-refractivity contribution >= 4 is 16.9 Å². The molecule has 28 heavy (non-hydrogen) atoms. The quantitative estimate of drug-likeness (QED) is 0.675. The van der Waals surface area contributed by atoms with E-state index in [4.69, 9.17) is 9.97 Å².